The maximum absolute atomic E-state index is 13.5. The smallest absolute Gasteiger partial charge is 0.366 e. The van der Waals surface area contributed by atoms with Crippen molar-refractivity contribution in [2.45, 2.75) is 43.2 Å². The van der Waals surface area contributed by atoms with E-state index in [-0.39, 0.29) is 31.8 Å². The molecule has 0 aromatic heterocycles. The molecular weight excluding hydrogens is 448 g/mol. The summed E-state index contributed by atoms with van der Waals surface area (Å²) in [5.41, 5.74) is -1.65. The number of benzene rings is 1. The van der Waals surface area contributed by atoms with Gasteiger partial charge in [0.2, 0.25) is 0 Å². The quantitative estimate of drug-likeness (QED) is 0.619. The van der Waals surface area contributed by atoms with E-state index in [1.54, 1.807) is 0 Å². The van der Waals surface area contributed by atoms with Crippen molar-refractivity contribution in [1.82, 2.24) is 0 Å². The Balaban J connectivity index is 1.54. The molecule has 1 spiro atoms. The molecule has 34 heavy (non-hydrogen) atoms. The Morgan fingerprint density at radius 1 is 1.03 bits per heavy atom. The van der Waals surface area contributed by atoms with Crippen LogP contribution in [0.25, 0.3) is 0 Å². The minimum Gasteiger partial charge on any atom is -0.468 e. The number of Topliss-reactive ketones (excluding diaryl/α,β-unsaturated/α-hetero) is 1. The first kappa shape index (κ1) is 22.1. The molecule has 3 aliphatic heterocycles. The first-order chi connectivity index (χ1) is 16.3. The van der Waals surface area contributed by atoms with Gasteiger partial charge in [-0.15, -0.1) is 0 Å². The largest absolute Gasteiger partial charge is 0.468 e. The van der Waals surface area contributed by atoms with E-state index in [0.29, 0.717) is 0 Å². The average molecular weight is 474 g/mol. The summed E-state index contributed by atoms with van der Waals surface area (Å²) >= 11 is 0. The topological polar surface area (TPSA) is 127 Å². The van der Waals surface area contributed by atoms with Crippen LogP contribution in [-0.4, -0.2) is 74.4 Å². The van der Waals surface area contributed by atoms with Gasteiger partial charge >= 0.3 is 11.9 Å². The van der Waals surface area contributed by atoms with Crippen molar-refractivity contribution < 1.29 is 47.9 Å². The van der Waals surface area contributed by atoms with Gasteiger partial charge in [0, 0.05) is 35.7 Å². The molecule has 6 rings (SSSR count). The van der Waals surface area contributed by atoms with Crippen LogP contribution in [0.5, 0.6) is 0 Å². The number of hydrogen-bond donors (Lipinski definition) is 1. The van der Waals surface area contributed by atoms with Crippen LogP contribution in [-0.2, 0) is 42.8 Å². The summed E-state index contributed by atoms with van der Waals surface area (Å²) < 4.78 is 34.6. The molecule has 0 radical (unpaired) electrons. The van der Waals surface area contributed by atoms with Gasteiger partial charge in [-0.3, -0.25) is 9.59 Å². The molecule has 182 valence electrons. The SMILES string of the molecule is COC(=O)C1(O)OC[C@@]23[C@@H]4C[C@@H](O[C@H](c5ccccc5)O4)[C@@]4(C(=O)OC)CO[C@@H](C(=O)C[C@H]12)[C@@H]43. The number of ether oxygens (including phenoxy) is 6. The van der Waals surface area contributed by atoms with Crippen LogP contribution in [0.3, 0.4) is 0 Å². The second kappa shape index (κ2) is 7.32. The number of esters is 2. The Morgan fingerprint density at radius 2 is 1.74 bits per heavy atom. The van der Waals surface area contributed by atoms with Gasteiger partial charge in [-0.05, 0) is 0 Å². The molecule has 2 bridgehead atoms. The van der Waals surface area contributed by atoms with E-state index in [0.717, 1.165) is 12.7 Å². The third kappa shape index (κ3) is 2.50. The standard InChI is InChI=1S/C24H26O10/c1-29-20(26)23-10-31-17-13(25)8-14-22(18(17)23,11-32-24(14,28)21(27)30-2)15-9-16(23)34-19(33-15)12-6-4-3-5-7-12/h3-7,14-19,28H,8-11H2,1-2H3/t14-,15-,16+,17-,18+,19+,22-,23-,24?/m0/s1. The lowest BCUT2D eigenvalue weighted by Crippen LogP contribution is -2.72. The van der Waals surface area contributed by atoms with Crippen LogP contribution < -0.4 is 0 Å². The number of carbonyl (C=O) groups is 3. The number of hydrogen-bond acceptors (Lipinski definition) is 10. The van der Waals surface area contributed by atoms with Gasteiger partial charge in [0.1, 0.15) is 11.5 Å². The van der Waals surface area contributed by atoms with Gasteiger partial charge in [-0.25, -0.2) is 4.79 Å². The summed E-state index contributed by atoms with van der Waals surface area (Å²) in [7, 11) is 2.43. The zero-order chi connectivity index (χ0) is 23.9. The van der Waals surface area contributed by atoms with E-state index in [4.69, 9.17) is 28.4 Å². The molecule has 1 aromatic rings. The monoisotopic (exact) mass is 474 g/mol. The predicted molar refractivity (Wildman–Crippen MR) is 110 cm³/mol. The molecule has 1 N–H and O–H groups in total. The molecule has 2 saturated carbocycles. The van der Waals surface area contributed by atoms with Crippen molar-refractivity contribution in [1.29, 1.82) is 0 Å². The number of methoxy groups -OCH3 is 2. The van der Waals surface area contributed by atoms with Crippen molar-refractivity contribution in [2.75, 3.05) is 27.4 Å². The molecule has 1 unspecified atom stereocenters. The lowest BCUT2D eigenvalue weighted by atomic mass is 9.44. The van der Waals surface area contributed by atoms with Crippen LogP contribution in [0.1, 0.15) is 24.7 Å². The van der Waals surface area contributed by atoms with Gasteiger partial charge < -0.3 is 33.5 Å². The fourth-order valence-electron chi connectivity index (χ4n) is 7.22. The summed E-state index contributed by atoms with van der Waals surface area (Å²) in [6.45, 7) is -0.191. The minimum atomic E-state index is -2.35. The lowest BCUT2D eigenvalue weighted by molar-refractivity contribution is -0.338. The Kier molecular flexibility index (Phi) is 4.76. The highest BCUT2D eigenvalue weighted by Gasteiger charge is 2.82. The molecule has 2 aliphatic carbocycles. The highest BCUT2D eigenvalue weighted by atomic mass is 16.7. The van der Waals surface area contributed by atoms with Gasteiger partial charge in [-0.1, -0.05) is 30.3 Å². The van der Waals surface area contributed by atoms with Gasteiger partial charge in [0.25, 0.3) is 5.79 Å². The molecule has 10 nitrogen and oxygen atoms in total. The van der Waals surface area contributed by atoms with E-state index in [2.05, 4.69) is 0 Å². The van der Waals surface area contributed by atoms with Crippen LogP contribution in [0.4, 0.5) is 0 Å². The predicted octanol–water partition coefficient (Wildman–Crippen LogP) is 0.514. The molecule has 3 saturated heterocycles. The van der Waals surface area contributed by atoms with E-state index in [1.807, 2.05) is 30.3 Å². The van der Waals surface area contributed by atoms with Gasteiger partial charge in [0.15, 0.2) is 12.1 Å². The van der Waals surface area contributed by atoms with Gasteiger partial charge in [-0.2, -0.15) is 0 Å². The number of ketones is 1. The van der Waals surface area contributed by atoms with Crippen molar-refractivity contribution in [2.24, 2.45) is 22.7 Å². The van der Waals surface area contributed by atoms with E-state index < -0.39 is 65.0 Å². The second-order valence-corrected chi connectivity index (χ2v) is 9.78. The summed E-state index contributed by atoms with van der Waals surface area (Å²) in [6, 6.07) is 9.30. The molecular formula is C24H26O10. The van der Waals surface area contributed by atoms with Crippen molar-refractivity contribution in [3.63, 3.8) is 0 Å². The van der Waals surface area contributed by atoms with Crippen LogP contribution in [0.2, 0.25) is 0 Å². The Morgan fingerprint density at radius 3 is 2.44 bits per heavy atom. The number of aliphatic hydroxyl groups is 1. The Labute approximate surface area is 195 Å². The minimum absolute atomic E-state index is 0.0786. The molecule has 5 aliphatic rings. The van der Waals surface area contributed by atoms with Crippen molar-refractivity contribution in [3.05, 3.63) is 35.9 Å². The fraction of sp³-hybridized carbons (Fsp3) is 0.625. The molecule has 5 fully saturated rings. The third-order valence-corrected chi connectivity index (χ3v) is 8.62. The van der Waals surface area contributed by atoms with E-state index >= 15 is 0 Å². The summed E-state index contributed by atoms with van der Waals surface area (Å²) in [5, 5.41) is 11.4. The lowest BCUT2D eigenvalue weighted by Gasteiger charge is -2.61. The third-order valence-electron chi connectivity index (χ3n) is 8.62. The normalized spacial score (nSPS) is 46.4. The highest BCUT2D eigenvalue weighted by molar-refractivity contribution is 5.91. The van der Waals surface area contributed by atoms with E-state index in [1.165, 1.54) is 7.11 Å². The molecule has 3 heterocycles. The summed E-state index contributed by atoms with van der Waals surface area (Å²) in [5.74, 6) is -5.97. The first-order valence-electron chi connectivity index (χ1n) is 11.4. The molecule has 9 atom stereocenters. The van der Waals surface area contributed by atoms with Crippen LogP contribution >= 0.6 is 0 Å². The maximum atomic E-state index is 13.5. The number of rotatable bonds is 3. The molecule has 10 heteroatoms. The van der Waals surface area contributed by atoms with Gasteiger partial charge in [0.05, 0.1) is 39.6 Å². The first-order valence-corrected chi connectivity index (χ1v) is 11.4. The Bertz CT molecular complexity index is 1040. The molecule has 1 aromatic carbocycles. The average Bonchev–Trinajstić information content (AvgIpc) is 3.42. The second-order valence-electron chi connectivity index (χ2n) is 9.78. The molecule has 0 amide bonds. The fourth-order valence-corrected chi connectivity index (χ4v) is 7.22. The van der Waals surface area contributed by atoms with E-state index in [9.17, 15) is 19.5 Å². The number of carbonyl (C=O) groups excluding carboxylic acids is 3. The summed E-state index contributed by atoms with van der Waals surface area (Å²) in [4.78, 5) is 39.4. The maximum Gasteiger partial charge on any atom is 0.366 e. The van der Waals surface area contributed by atoms with Crippen LogP contribution in [0.15, 0.2) is 30.3 Å². The summed E-state index contributed by atoms with van der Waals surface area (Å²) in [6.07, 6.45) is -2.86. The van der Waals surface area contributed by atoms with Crippen LogP contribution in [0, 0.1) is 22.7 Å². The Hall–Kier alpha value is -2.37. The van der Waals surface area contributed by atoms with Crippen molar-refractivity contribution >= 4 is 17.7 Å². The zero-order valence-corrected chi connectivity index (χ0v) is 18.8. The zero-order valence-electron chi connectivity index (χ0n) is 18.8. The number of fused-ring (bicyclic) bond motifs is 3. The van der Waals surface area contributed by atoms with Crippen molar-refractivity contribution in [3.8, 4) is 0 Å². The highest BCUT2D eigenvalue weighted by Crippen LogP contribution is 2.70.